The summed E-state index contributed by atoms with van der Waals surface area (Å²) in [5.74, 6) is -0.311. The summed E-state index contributed by atoms with van der Waals surface area (Å²) in [5.41, 5.74) is 6.51. The van der Waals surface area contributed by atoms with Crippen LogP contribution < -0.4 is 10.6 Å². The molecule has 1 aromatic carbocycles. The Bertz CT molecular complexity index is 635. The highest BCUT2D eigenvalue weighted by Crippen LogP contribution is 2.31. The topological polar surface area (TPSA) is 68.2 Å². The van der Waals surface area contributed by atoms with Gasteiger partial charge in [-0.05, 0) is 24.5 Å². The van der Waals surface area contributed by atoms with Gasteiger partial charge in [-0.25, -0.2) is 8.78 Å². The Morgan fingerprint density at radius 1 is 1.33 bits per heavy atom. The Morgan fingerprint density at radius 2 is 2.14 bits per heavy atom. The summed E-state index contributed by atoms with van der Waals surface area (Å²) in [6.45, 7) is 1.16. The fraction of sp³-hybridized carbons (Fsp3) is 0.385. The first-order valence-electron chi connectivity index (χ1n) is 6.42. The third-order valence-electron chi connectivity index (χ3n) is 3.31. The van der Waals surface area contributed by atoms with Crippen molar-refractivity contribution in [2.75, 3.05) is 11.4 Å². The van der Waals surface area contributed by atoms with Crippen molar-refractivity contribution in [3.05, 3.63) is 41.0 Å². The number of anilines is 1. The van der Waals surface area contributed by atoms with Crippen LogP contribution in [0.1, 0.15) is 23.7 Å². The van der Waals surface area contributed by atoms with Crippen molar-refractivity contribution in [1.82, 2.24) is 10.1 Å². The van der Waals surface area contributed by atoms with E-state index in [1.54, 1.807) is 4.90 Å². The second-order valence-corrected chi connectivity index (χ2v) is 4.73. The zero-order chi connectivity index (χ0) is 14.1. The summed E-state index contributed by atoms with van der Waals surface area (Å²) in [5, 5.41) is 3.80. The van der Waals surface area contributed by atoms with E-state index in [1.165, 1.54) is 6.07 Å². The number of fused-ring (bicyclic) bond motifs is 1. The number of aromatic nitrogens is 2. The summed E-state index contributed by atoms with van der Waals surface area (Å²) in [4.78, 5) is 5.91. The van der Waals surface area contributed by atoms with Crippen molar-refractivity contribution in [2.45, 2.75) is 25.9 Å². The van der Waals surface area contributed by atoms with Crippen molar-refractivity contribution < 1.29 is 13.3 Å². The molecule has 0 atom stereocenters. The zero-order valence-corrected chi connectivity index (χ0v) is 12.0. The van der Waals surface area contributed by atoms with E-state index < -0.39 is 11.6 Å². The van der Waals surface area contributed by atoms with Crippen molar-refractivity contribution in [1.29, 1.82) is 0 Å². The van der Waals surface area contributed by atoms with Crippen LogP contribution in [0.25, 0.3) is 0 Å². The van der Waals surface area contributed by atoms with Gasteiger partial charge >= 0.3 is 0 Å². The maximum atomic E-state index is 14.0. The molecule has 1 aliphatic rings. The molecule has 0 spiro atoms. The summed E-state index contributed by atoms with van der Waals surface area (Å²) < 4.78 is 32.2. The van der Waals surface area contributed by atoms with Gasteiger partial charge in [0.05, 0.1) is 18.8 Å². The fourth-order valence-corrected chi connectivity index (χ4v) is 2.50. The Hall–Kier alpha value is -1.73. The molecular weight excluding hydrogens is 302 g/mol. The van der Waals surface area contributed by atoms with Crippen LogP contribution in [0, 0.1) is 11.6 Å². The number of rotatable bonds is 3. The molecule has 0 fully saturated rings. The minimum absolute atomic E-state index is 0. The number of nitrogens with zero attached hydrogens (tertiary/aromatic N) is 3. The highest BCUT2D eigenvalue weighted by Gasteiger charge is 2.23. The minimum Gasteiger partial charge on any atom is -0.361 e. The summed E-state index contributed by atoms with van der Waals surface area (Å²) in [7, 11) is 0. The molecule has 2 N–H and O–H groups in total. The smallest absolute Gasteiger partial charge is 0.240 e. The molecule has 0 amide bonds. The molecule has 0 saturated carbocycles. The lowest BCUT2D eigenvalue weighted by atomic mass is 10.0. The molecule has 0 bridgehead atoms. The maximum Gasteiger partial charge on any atom is 0.240 e. The summed E-state index contributed by atoms with van der Waals surface area (Å²) in [6, 6.07) is 2.28. The van der Waals surface area contributed by atoms with Crippen LogP contribution in [-0.2, 0) is 19.5 Å². The minimum atomic E-state index is -0.553. The first kappa shape index (κ1) is 15.7. The highest BCUT2D eigenvalue weighted by atomic mass is 35.5. The van der Waals surface area contributed by atoms with E-state index in [4.69, 9.17) is 10.3 Å². The third kappa shape index (κ3) is 3.14. The zero-order valence-electron chi connectivity index (χ0n) is 11.2. The van der Waals surface area contributed by atoms with Gasteiger partial charge in [0.15, 0.2) is 5.82 Å². The van der Waals surface area contributed by atoms with Crippen molar-refractivity contribution in [2.24, 2.45) is 5.73 Å². The SMILES string of the molecule is Cl.NCc1nc(CN2CCCc3cc(F)cc(F)c32)no1. The molecule has 0 unspecified atom stereocenters. The second-order valence-electron chi connectivity index (χ2n) is 4.73. The quantitative estimate of drug-likeness (QED) is 0.940. The molecule has 1 aliphatic heterocycles. The number of benzene rings is 1. The Morgan fingerprint density at radius 3 is 2.86 bits per heavy atom. The molecule has 0 saturated heterocycles. The third-order valence-corrected chi connectivity index (χ3v) is 3.31. The van der Waals surface area contributed by atoms with Crippen LogP contribution in [0.5, 0.6) is 0 Å². The average molecular weight is 317 g/mol. The van der Waals surface area contributed by atoms with Gasteiger partial charge in [0, 0.05) is 12.6 Å². The van der Waals surface area contributed by atoms with Crippen LogP contribution >= 0.6 is 12.4 Å². The van der Waals surface area contributed by atoms with Gasteiger partial charge in [-0.15, -0.1) is 12.4 Å². The maximum absolute atomic E-state index is 14.0. The molecule has 3 rings (SSSR count). The lowest BCUT2D eigenvalue weighted by Crippen LogP contribution is -2.30. The molecule has 8 heteroatoms. The van der Waals surface area contributed by atoms with Gasteiger partial charge in [0.25, 0.3) is 0 Å². The van der Waals surface area contributed by atoms with Crippen molar-refractivity contribution in [3.63, 3.8) is 0 Å². The van der Waals surface area contributed by atoms with Crippen LogP contribution in [0.4, 0.5) is 14.5 Å². The Labute approximate surface area is 126 Å². The Balaban J connectivity index is 0.00000161. The summed E-state index contributed by atoms with van der Waals surface area (Å²) in [6.07, 6.45) is 1.50. The monoisotopic (exact) mass is 316 g/mol. The van der Waals surface area contributed by atoms with Crippen molar-refractivity contribution >= 4 is 18.1 Å². The van der Waals surface area contributed by atoms with Crippen LogP contribution in [-0.4, -0.2) is 16.7 Å². The molecule has 0 aliphatic carbocycles. The normalized spacial score (nSPS) is 13.8. The fourth-order valence-electron chi connectivity index (χ4n) is 2.50. The second kappa shape index (κ2) is 6.36. The number of hydrogen-bond acceptors (Lipinski definition) is 5. The van der Waals surface area contributed by atoms with Crippen LogP contribution in [0.3, 0.4) is 0 Å². The molecule has 1 aromatic heterocycles. The van der Waals surface area contributed by atoms with E-state index in [2.05, 4.69) is 10.1 Å². The van der Waals surface area contributed by atoms with E-state index in [0.29, 0.717) is 42.5 Å². The molecule has 5 nitrogen and oxygen atoms in total. The first-order valence-corrected chi connectivity index (χ1v) is 6.42. The van der Waals surface area contributed by atoms with Crippen LogP contribution in [0.15, 0.2) is 16.7 Å². The van der Waals surface area contributed by atoms with Gasteiger partial charge in [0.1, 0.15) is 11.6 Å². The predicted octanol–water partition coefficient (Wildman–Crippen LogP) is 2.18. The molecule has 2 heterocycles. The highest BCUT2D eigenvalue weighted by molar-refractivity contribution is 5.85. The number of nitrogens with two attached hydrogens (primary N) is 1. The molecule has 21 heavy (non-hydrogen) atoms. The largest absolute Gasteiger partial charge is 0.361 e. The lowest BCUT2D eigenvalue weighted by Gasteiger charge is -2.30. The predicted molar refractivity (Wildman–Crippen MR) is 75.2 cm³/mol. The van der Waals surface area contributed by atoms with E-state index in [-0.39, 0.29) is 19.0 Å². The number of halogens is 3. The Kier molecular flexibility index (Phi) is 4.74. The van der Waals surface area contributed by atoms with E-state index in [1.807, 2.05) is 0 Å². The van der Waals surface area contributed by atoms with Gasteiger partial charge in [-0.3, -0.25) is 0 Å². The van der Waals surface area contributed by atoms with Gasteiger partial charge in [-0.1, -0.05) is 5.16 Å². The summed E-state index contributed by atoms with van der Waals surface area (Å²) >= 11 is 0. The van der Waals surface area contributed by atoms with Gasteiger partial charge < -0.3 is 15.2 Å². The lowest BCUT2D eigenvalue weighted by molar-refractivity contribution is 0.374. The number of aryl methyl sites for hydroxylation is 1. The molecular formula is C13H15ClF2N4O. The van der Waals surface area contributed by atoms with Gasteiger partial charge in [-0.2, -0.15) is 4.98 Å². The van der Waals surface area contributed by atoms with E-state index in [0.717, 1.165) is 12.5 Å². The molecule has 2 aromatic rings. The molecule has 114 valence electrons. The van der Waals surface area contributed by atoms with Crippen molar-refractivity contribution in [3.8, 4) is 0 Å². The number of hydrogen-bond donors (Lipinski definition) is 1. The van der Waals surface area contributed by atoms with Gasteiger partial charge in [0.2, 0.25) is 5.89 Å². The first-order chi connectivity index (χ1) is 9.67. The average Bonchev–Trinajstić information content (AvgIpc) is 2.86. The standard InChI is InChI=1S/C13H14F2N4O.ClH/c14-9-4-8-2-1-3-19(13(8)10(15)5-9)7-11-17-12(6-16)20-18-11;/h4-5H,1-3,6-7,16H2;1H. The molecule has 0 radical (unpaired) electrons. The van der Waals surface area contributed by atoms with E-state index in [9.17, 15) is 8.78 Å². The van der Waals surface area contributed by atoms with Crippen LogP contribution in [0.2, 0.25) is 0 Å². The van der Waals surface area contributed by atoms with E-state index >= 15 is 0 Å².